The molecular weight excluding hydrogens is 589 g/mol. The van der Waals surface area contributed by atoms with Crippen molar-refractivity contribution in [2.75, 3.05) is 19.5 Å². The van der Waals surface area contributed by atoms with Gasteiger partial charge in [-0.15, -0.1) is 0 Å². The van der Waals surface area contributed by atoms with Gasteiger partial charge in [0.15, 0.2) is 5.82 Å². The lowest BCUT2D eigenvalue weighted by Crippen LogP contribution is -2.21. The summed E-state index contributed by atoms with van der Waals surface area (Å²) in [4.78, 5) is 26.8. The van der Waals surface area contributed by atoms with E-state index in [1.54, 1.807) is 0 Å². The van der Waals surface area contributed by atoms with E-state index in [2.05, 4.69) is 15.0 Å². The molecule has 2 aromatic heterocycles. The predicted molar refractivity (Wildman–Crippen MR) is 146 cm³/mol. The van der Waals surface area contributed by atoms with Gasteiger partial charge >= 0.3 is 6.61 Å². The first-order chi connectivity index (χ1) is 20.5. The molecule has 0 aliphatic rings. The largest absolute Gasteiger partial charge is 0.435 e. The van der Waals surface area contributed by atoms with Crippen molar-refractivity contribution >= 4 is 25.3 Å². The standard InChI is InChI=1S/C17H13BF4N4O.C8H6F2O2.CH4O.H2O2/c1-23-14-15(13-10(19)6-9(18)7-11(13)20)25(2)26(17(14)27)12-5-8(16(21)22)3-4-24-12;9-8(10)12-7-3-1-6(5-11)2-4-7;2*1-2/h3-7,16,23H,1-2H3;1-5,8H;2H,1H3;1-2H. The van der Waals surface area contributed by atoms with Crippen LogP contribution < -0.4 is 21.1 Å². The lowest BCUT2D eigenvalue weighted by atomic mass is 9.93. The summed E-state index contributed by atoms with van der Waals surface area (Å²) < 4.78 is 84.2. The van der Waals surface area contributed by atoms with Gasteiger partial charge in [0, 0.05) is 38.5 Å². The number of alkyl halides is 4. The van der Waals surface area contributed by atoms with Gasteiger partial charge in [0.05, 0.1) is 11.3 Å². The van der Waals surface area contributed by atoms with Gasteiger partial charge in [0.25, 0.3) is 12.0 Å². The lowest BCUT2D eigenvalue weighted by Gasteiger charge is -2.12. The van der Waals surface area contributed by atoms with Gasteiger partial charge in [-0.05, 0) is 48.5 Å². The van der Waals surface area contributed by atoms with Gasteiger partial charge in [-0.25, -0.2) is 22.5 Å². The molecule has 0 spiro atoms. The number of hydrogen-bond acceptors (Lipinski definition) is 8. The molecule has 17 heteroatoms. The Balaban J connectivity index is 0.000000483. The van der Waals surface area contributed by atoms with Crippen molar-refractivity contribution in [1.29, 1.82) is 0 Å². The van der Waals surface area contributed by atoms with Crippen molar-refractivity contribution in [2.45, 2.75) is 13.0 Å². The summed E-state index contributed by atoms with van der Waals surface area (Å²) in [5.74, 6) is -1.99. The van der Waals surface area contributed by atoms with Crippen LogP contribution in [0.1, 0.15) is 22.3 Å². The van der Waals surface area contributed by atoms with Crippen LogP contribution in [0.4, 0.5) is 32.0 Å². The molecule has 0 saturated heterocycles. The van der Waals surface area contributed by atoms with Gasteiger partial charge in [-0.3, -0.25) is 24.8 Å². The number of carbonyl (C=O) groups is 1. The average Bonchev–Trinajstić information content (AvgIpc) is 3.23. The minimum absolute atomic E-state index is 0.0515. The van der Waals surface area contributed by atoms with Crippen LogP contribution in [0.25, 0.3) is 17.1 Å². The molecular formula is C26H25BF6N4O6. The number of aliphatic hydroxyl groups excluding tert-OH is 1. The highest BCUT2D eigenvalue weighted by Crippen LogP contribution is 2.31. The summed E-state index contributed by atoms with van der Waals surface area (Å²) in [5.41, 5.74) is -1.44. The predicted octanol–water partition coefficient (Wildman–Crippen LogP) is 4.02. The van der Waals surface area contributed by atoms with Crippen molar-refractivity contribution in [1.82, 2.24) is 14.3 Å². The third-order valence-corrected chi connectivity index (χ3v) is 5.30. The Bertz CT molecular complexity index is 1510. The maximum atomic E-state index is 14.4. The molecule has 2 aromatic carbocycles. The molecule has 230 valence electrons. The van der Waals surface area contributed by atoms with Crippen LogP contribution in [0, 0.1) is 11.6 Å². The highest BCUT2D eigenvalue weighted by Gasteiger charge is 2.25. The van der Waals surface area contributed by atoms with E-state index in [0.717, 1.165) is 46.9 Å². The molecule has 4 rings (SSSR count). The van der Waals surface area contributed by atoms with Gasteiger partial charge in [-0.1, -0.05) is 5.46 Å². The molecule has 4 N–H and O–H groups in total. The number of nitrogens with zero attached hydrogens (tertiary/aromatic N) is 3. The number of rotatable bonds is 7. The third-order valence-electron chi connectivity index (χ3n) is 5.30. The Hall–Kier alpha value is -4.61. The summed E-state index contributed by atoms with van der Waals surface area (Å²) in [5, 5.41) is 21.6. The van der Waals surface area contributed by atoms with E-state index >= 15 is 0 Å². The van der Waals surface area contributed by atoms with E-state index < -0.39 is 35.8 Å². The molecule has 4 aromatic rings. The number of aldehydes is 1. The fraction of sp³-hybridized carbons (Fsp3) is 0.192. The number of aliphatic hydroxyl groups is 1. The van der Waals surface area contributed by atoms with Crippen molar-refractivity contribution in [3.05, 3.63) is 87.8 Å². The monoisotopic (exact) mass is 614 g/mol. The topological polar surface area (TPSA) is 139 Å². The Morgan fingerprint density at radius 1 is 1.00 bits per heavy atom. The number of halogens is 6. The molecule has 10 nitrogen and oxygen atoms in total. The number of carbonyl (C=O) groups excluding carboxylic acids is 1. The highest BCUT2D eigenvalue weighted by molar-refractivity contribution is 6.32. The molecule has 0 bridgehead atoms. The van der Waals surface area contributed by atoms with Gasteiger partial charge in [0.2, 0.25) is 0 Å². The number of nitrogens with one attached hydrogen (secondary N) is 1. The van der Waals surface area contributed by atoms with E-state index in [-0.39, 0.29) is 34.0 Å². The van der Waals surface area contributed by atoms with Crippen molar-refractivity contribution in [3.8, 4) is 22.8 Å². The quantitative estimate of drug-likeness (QED) is 0.0806. The molecule has 0 aliphatic carbocycles. The Morgan fingerprint density at radius 3 is 2.02 bits per heavy atom. The van der Waals surface area contributed by atoms with Crippen LogP contribution in [0.5, 0.6) is 5.75 Å². The van der Waals surface area contributed by atoms with Crippen molar-refractivity contribution in [3.63, 3.8) is 0 Å². The van der Waals surface area contributed by atoms with Crippen LogP contribution in [0.15, 0.2) is 59.5 Å². The molecule has 0 aliphatic heterocycles. The summed E-state index contributed by atoms with van der Waals surface area (Å²) in [6.45, 7) is -2.83. The van der Waals surface area contributed by atoms with Gasteiger partial charge < -0.3 is 15.2 Å². The second-order valence-electron chi connectivity index (χ2n) is 7.79. The van der Waals surface area contributed by atoms with Crippen LogP contribution in [0.3, 0.4) is 0 Å². The number of anilines is 1. The van der Waals surface area contributed by atoms with Crippen LogP contribution >= 0.6 is 0 Å². The fourth-order valence-electron chi connectivity index (χ4n) is 3.61. The smallest absolute Gasteiger partial charge is 0.387 e. The Morgan fingerprint density at radius 2 is 1.56 bits per heavy atom. The number of aromatic nitrogens is 3. The minimum Gasteiger partial charge on any atom is -0.435 e. The summed E-state index contributed by atoms with van der Waals surface area (Å²) in [7, 11) is 9.20. The maximum absolute atomic E-state index is 14.4. The molecule has 0 saturated carbocycles. The van der Waals surface area contributed by atoms with E-state index in [0.29, 0.717) is 11.8 Å². The van der Waals surface area contributed by atoms with E-state index in [9.17, 15) is 35.9 Å². The molecule has 0 atom stereocenters. The normalized spacial score (nSPS) is 10.1. The maximum Gasteiger partial charge on any atom is 0.387 e. The SMILES string of the molecule is CO.O=Cc1ccc(OC(F)F)cc1.OO.[B]c1cc(F)c(-c2c(NC)c(=O)n(-c3cc(C(F)F)ccn3)n2C)c(F)c1. The number of ether oxygens (including phenoxy) is 1. The number of hydrogen-bond donors (Lipinski definition) is 4. The molecule has 0 unspecified atom stereocenters. The molecule has 0 amide bonds. The molecule has 2 heterocycles. The summed E-state index contributed by atoms with van der Waals surface area (Å²) in [6, 6.07) is 9.44. The second-order valence-corrected chi connectivity index (χ2v) is 7.79. The molecule has 0 fully saturated rings. The highest BCUT2D eigenvalue weighted by atomic mass is 19.3. The first-order valence-electron chi connectivity index (χ1n) is 11.6. The zero-order valence-electron chi connectivity index (χ0n) is 22.7. The van der Waals surface area contributed by atoms with Gasteiger partial charge in [-0.2, -0.15) is 13.5 Å². The average molecular weight is 614 g/mol. The fourth-order valence-corrected chi connectivity index (χ4v) is 3.61. The summed E-state index contributed by atoms with van der Waals surface area (Å²) in [6.07, 6.45) is -1.01. The molecule has 43 heavy (non-hydrogen) atoms. The lowest BCUT2D eigenvalue weighted by molar-refractivity contribution is -0.176. The first-order valence-corrected chi connectivity index (χ1v) is 11.6. The summed E-state index contributed by atoms with van der Waals surface area (Å²) >= 11 is 0. The minimum atomic E-state index is -2.83. The first kappa shape index (κ1) is 36.4. The second kappa shape index (κ2) is 17.4. The van der Waals surface area contributed by atoms with E-state index in [4.69, 9.17) is 23.5 Å². The zero-order chi connectivity index (χ0) is 32.9. The van der Waals surface area contributed by atoms with E-state index in [1.807, 2.05) is 0 Å². The number of benzene rings is 2. The van der Waals surface area contributed by atoms with Crippen molar-refractivity contribution < 1.29 is 51.5 Å². The van der Waals surface area contributed by atoms with Gasteiger partial charge in [0.1, 0.15) is 37.2 Å². The van der Waals surface area contributed by atoms with Crippen LogP contribution in [0.2, 0.25) is 0 Å². The Labute approximate surface area is 241 Å². The van der Waals surface area contributed by atoms with Crippen molar-refractivity contribution in [2.24, 2.45) is 7.05 Å². The molecule has 2 radical (unpaired) electrons. The van der Waals surface area contributed by atoms with E-state index in [1.165, 1.54) is 38.4 Å². The zero-order valence-corrected chi connectivity index (χ0v) is 22.7. The number of pyridine rings is 1. The third kappa shape index (κ3) is 9.19. The Kier molecular flexibility index (Phi) is 14.7. The van der Waals surface area contributed by atoms with Crippen LogP contribution in [-0.2, 0) is 7.05 Å². The van der Waals surface area contributed by atoms with Crippen LogP contribution in [-0.4, -0.2) is 64.9 Å².